The molecule has 1 N–H and O–H groups in total. The van der Waals surface area contributed by atoms with Crippen LogP contribution in [0.2, 0.25) is 0 Å². The molecule has 1 saturated carbocycles. The van der Waals surface area contributed by atoms with E-state index >= 15 is 0 Å². The Hall–Kier alpha value is -1.36. The van der Waals surface area contributed by atoms with Crippen LogP contribution in [-0.2, 0) is 16.1 Å². The highest BCUT2D eigenvalue weighted by Gasteiger charge is 2.51. The van der Waals surface area contributed by atoms with Gasteiger partial charge in [0.25, 0.3) is 0 Å². The zero-order valence-corrected chi connectivity index (χ0v) is 12.5. The lowest BCUT2D eigenvalue weighted by Gasteiger charge is -2.44. The van der Waals surface area contributed by atoms with Gasteiger partial charge in [-0.1, -0.05) is 25.8 Å². The first kappa shape index (κ1) is 13.6. The van der Waals surface area contributed by atoms with Crippen LogP contribution in [0.4, 0.5) is 0 Å². The number of nitrogens with zero attached hydrogens (tertiary/aromatic N) is 1. The van der Waals surface area contributed by atoms with E-state index in [1.165, 1.54) is 0 Å². The molecule has 0 aromatic carbocycles. The van der Waals surface area contributed by atoms with Gasteiger partial charge in [0, 0.05) is 4.88 Å². The van der Waals surface area contributed by atoms with Crippen molar-refractivity contribution in [2.75, 3.05) is 0 Å². The molecule has 20 heavy (non-hydrogen) atoms. The van der Waals surface area contributed by atoms with Gasteiger partial charge >= 0.3 is 0 Å². The van der Waals surface area contributed by atoms with Crippen molar-refractivity contribution < 1.29 is 9.59 Å². The van der Waals surface area contributed by atoms with Gasteiger partial charge in [-0.05, 0) is 30.7 Å². The lowest BCUT2D eigenvalue weighted by molar-refractivity contribution is -0.155. The summed E-state index contributed by atoms with van der Waals surface area (Å²) in [5.74, 6) is 0.139. The predicted molar refractivity (Wildman–Crippen MR) is 78.3 cm³/mol. The Labute approximate surface area is 123 Å². The van der Waals surface area contributed by atoms with Gasteiger partial charge in [-0.15, -0.1) is 11.3 Å². The molecule has 1 saturated heterocycles. The van der Waals surface area contributed by atoms with Crippen molar-refractivity contribution in [2.45, 2.75) is 57.2 Å². The zero-order valence-electron chi connectivity index (χ0n) is 11.7. The van der Waals surface area contributed by atoms with Crippen LogP contribution < -0.4 is 5.32 Å². The molecule has 1 spiro atoms. The second-order valence-corrected chi connectivity index (χ2v) is 6.75. The minimum atomic E-state index is -0.611. The number of amides is 2. The molecule has 1 aliphatic heterocycles. The van der Waals surface area contributed by atoms with Crippen LogP contribution in [0.25, 0.3) is 0 Å². The molecular formula is C15H20N2O2S. The third-order valence-electron chi connectivity index (χ3n) is 4.46. The average molecular weight is 292 g/mol. The lowest BCUT2D eigenvalue weighted by atomic mass is 9.90. The second-order valence-electron chi connectivity index (χ2n) is 5.71. The van der Waals surface area contributed by atoms with Gasteiger partial charge in [0.05, 0.1) is 6.54 Å². The highest BCUT2D eigenvalue weighted by atomic mass is 32.1. The molecule has 0 radical (unpaired) electrons. The zero-order chi connectivity index (χ0) is 14.2. The van der Waals surface area contributed by atoms with Crippen molar-refractivity contribution in [3.05, 3.63) is 22.4 Å². The topological polar surface area (TPSA) is 49.4 Å². The molecule has 2 amide bonds. The molecule has 108 valence electrons. The molecule has 0 bridgehead atoms. The standard InChI is InChI=1S/C15H20N2O2S/c1-2-12-13(18)16-15(7-3-4-8-15)14(19)17(12)10-11-6-5-9-20-11/h5-6,9,12H,2-4,7-8,10H2,1H3,(H,16,18). The summed E-state index contributed by atoms with van der Waals surface area (Å²) in [6, 6.07) is 3.69. The van der Waals surface area contributed by atoms with Gasteiger partial charge in [-0.2, -0.15) is 0 Å². The number of carbonyl (C=O) groups is 2. The molecule has 1 atom stereocenters. The van der Waals surface area contributed by atoms with E-state index in [1.54, 1.807) is 16.2 Å². The summed E-state index contributed by atoms with van der Waals surface area (Å²) in [7, 11) is 0. The average Bonchev–Trinajstić information content (AvgIpc) is 3.08. The molecule has 3 rings (SSSR count). The van der Waals surface area contributed by atoms with Crippen molar-refractivity contribution in [1.29, 1.82) is 0 Å². The van der Waals surface area contributed by atoms with E-state index in [9.17, 15) is 9.59 Å². The van der Waals surface area contributed by atoms with Gasteiger partial charge in [-0.25, -0.2) is 0 Å². The van der Waals surface area contributed by atoms with E-state index in [0.717, 1.165) is 30.6 Å². The fraction of sp³-hybridized carbons (Fsp3) is 0.600. The fourth-order valence-corrected chi connectivity index (χ4v) is 4.11. The summed E-state index contributed by atoms with van der Waals surface area (Å²) >= 11 is 1.64. The van der Waals surface area contributed by atoms with Gasteiger partial charge < -0.3 is 10.2 Å². The first-order chi connectivity index (χ1) is 9.66. The summed E-state index contributed by atoms with van der Waals surface area (Å²) in [5.41, 5.74) is -0.611. The van der Waals surface area contributed by atoms with Crippen molar-refractivity contribution >= 4 is 23.2 Å². The number of thiophene rings is 1. The SMILES string of the molecule is CCC1C(=O)NC2(CCCC2)C(=O)N1Cc1cccs1. The van der Waals surface area contributed by atoms with E-state index in [2.05, 4.69) is 5.32 Å². The maximum atomic E-state index is 12.9. The van der Waals surface area contributed by atoms with E-state index in [-0.39, 0.29) is 17.9 Å². The number of rotatable bonds is 3. The lowest BCUT2D eigenvalue weighted by Crippen LogP contribution is -2.68. The van der Waals surface area contributed by atoms with Crippen LogP contribution in [-0.4, -0.2) is 28.3 Å². The highest BCUT2D eigenvalue weighted by molar-refractivity contribution is 7.09. The van der Waals surface area contributed by atoms with Crippen LogP contribution in [0.1, 0.15) is 43.9 Å². The van der Waals surface area contributed by atoms with Crippen LogP contribution >= 0.6 is 11.3 Å². The summed E-state index contributed by atoms with van der Waals surface area (Å²) < 4.78 is 0. The number of piperazine rings is 1. The molecule has 2 fully saturated rings. The van der Waals surface area contributed by atoms with E-state index in [1.807, 2.05) is 24.4 Å². The molecule has 2 aliphatic rings. The van der Waals surface area contributed by atoms with E-state index in [0.29, 0.717) is 13.0 Å². The molecule has 4 nitrogen and oxygen atoms in total. The van der Waals surface area contributed by atoms with Crippen LogP contribution in [0.5, 0.6) is 0 Å². The quantitative estimate of drug-likeness (QED) is 0.929. The van der Waals surface area contributed by atoms with E-state index in [4.69, 9.17) is 0 Å². The van der Waals surface area contributed by atoms with Crippen LogP contribution in [0.3, 0.4) is 0 Å². The normalized spacial score (nSPS) is 25.2. The summed E-state index contributed by atoms with van der Waals surface area (Å²) in [4.78, 5) is 28.2. The minimum absolute atomic E-state index is 0.0190. The summed E-state index contributed by atoms with van der Waals surface area (Å²) in [6.45, 7) is 2.52. The molecule has 1 aromatic rings. The molecule has 5 heteroatoms. The van der Waals surface area contributed by atoms with Crippen molar-refractivity contribution in [1.82, 2.24) is 10.2 Å². The van der Waals surface area contributed by atoms with Gasteiger partial charge in [0.2, 0.25) is 11.8 Å². The smallest absolute Gasteiger partial charge is 0.249 e. The molecular weight excluding hydrogens is 272 g/mol. The predicted octanol–water partition coefficient (Wildman–Crippen LogP) is 2.30. The van der Waals surface area contributed by atoms with E-state index < -0.39 is 5.54 Å². The van der Waals surface area contributed by atoms with Crippen molar-refractivity contribution in [3.63, 3.8) is 0 Å². The number of hydrogen-bond donors (Lipinski definition) is 1. The maximum Gasteiger partial charge on any atom is 0.249 e. The number of nitrogens with one attached hydrogen (secondary N) is 1. The Bertz CT molecular complexity index is 506. The third-order valence-corrected chi connectivity index (χ3v) is 5.32. The first-order valence-electron chi connectivity index (χ1n) is 7.32. The molecule has 1 aromatic heterocycles. The second kappa shape index (κ2) is 5.20. The molecule has 1 unspecified atom stereocenters. The van der Waals surface area contributed by atoms with Crippen LogP contribution in [0, 0.1) is 0 Å². The van der Waals surface area contributed by atoms with Gasteiger partial charge in [-0.3, -0.25) is 9.59 Å². The molecule has 1 aliphatic carbocycles. The van der Waals surface area contributed by atoms with Gasteiger partial charge in [0.15, 0.2) is 0 Å². The highest BCUT2D eigenvalue weighted by Crippen LogP contribution is 2.35. The Balaban J connectivity index is 1.89. The third kappa shape index (κ3) is 2.14. The molecule has 2 heterocycles. The fourth-order valence-electron chi connectivity index (χ4n) is 3.41. The minimum Gasteiger partial charge on any atom is -0.340 e. The Morgan fingerprint density at radius 1 is 1.40 bits per heavy atom. The maximum absolute atomic E-state index is 12.9. The number of carbonyl (C=O) groups excluding carboxylic acids is 2. The Kier molecular flexibility index (Phi) is 3.54. The summed E-state index contributed by atoms with van der Waals surface area (Å²) in [6.07, 6.45) is 4.29. The van der Waals surface area contributed by atoms with Gasteiger partial charge in [0.1, 0.15) is 11.6 Å². The first-order valence-corrected chi connectivity index (χ1v) is 8.20. The largest absolute Gasteiger partial charge is 0.340 e. The Morgan fingerprint density at radius 2 is 2.15 bits per heavy atom. The summed E-state index contributed by atoms with van der Waals surface area (Å²) in [5, 5.41) is 5.04. The van der Waals surface area contributed by atoms with Crippen molar-refractivity contribution in [3.8, 4) is 0 Å². The van der Waals surface area contributed by atoms with Crippen LogP contribution in [0.15, 0.2) is 17.5 Å². The monoisotopic (exact) mass is 292 g/mol. The number of hydrogen-bond acceptors (Lipinski definition) is 3. The Morgan fingerprint density at radius 3 is 2.75 bits per heavy atom. The van der Waals surface area contributed by atoms with Crippen molar-refractivity contribution in [2.24, 2.45) is 0 Å².